The summed E-state index contributed by atoms with van der Waals surface area (Å²) in [7, 11) is 1.66. The number of tetrazole rings is 1. The number of fused-ring (bicyclic) bond motifs is 1. The zero-order valence-corrected chi connectivity index (χ0v) is 31.0. The molecule has 1 aromatic carbocycles. The largest absolute Gasteiger partial charge is 0.477 e. The fourth-order valence-electron chi connectivity index (χ4n) is 6.12. The number of nitrogens with one attached hydrogen (secondary N) is 2. The Balaban J connectivity index is 1.28. The van der Waals surface area contributed by atoms with Crippen LogP contribution in [0.3, 0.4) is 0 Å². The van der Waals surface area contributed by atoms with Gasteiger partial charge in [-0.15, -0.1) is 28.6 Å². The first-order chi connectivity index (χ1) is 24.5. The number of aliphatic carboxylic acids is 1. The molecular weight excluding hydrogens is 719 g/mol. The number of aromatic nitrogens is 4. The Kier molecular flexibility index (Phi) is 12.7. The molecule has 4 heterocycles. The van der Waals surface area contributed by atoms with Gasteiger partial charge in [-0.2, -0.15) is 0 Å². The number of carboxylic acid groups (broad SMARTS) is 1. The van der Waals surface area contributed by atoms with E-state index in [2.05, 4.69) is 33.1 Å². The first-order valence-electron chi connectivity index (χ1n) is 16.6. The zero-order valence-electron chi connectivity index (χ0n) is 28.6. The number of aryl methyl sites for hydroxylation is 1. The van der Waals surface area contributed by atoms with E-state index in [4.69, 9.17) is 0 Å². The molecule has 2 saturated heterocycles. The molecule has 1 unspecified atom stereocenters. The van der Waals surface area contributed by atoms with Gasteiger partial charge in [-0.05, 0) is 34.2 Å². The molecule has 0 saturated carbocycles. The molecule has 3 N–H and O–H groups in total. The van der Waals surface area contributed by atoms with Gasteiger partial charge in [0, 0.05) is 38.2 Å². The minimum Gasteiger partial charge on any atom is -0.477 e. The lowest BCUT2D eigenvalue weighted by Crippen LogP contribution is -2.78. The van der Waals surface area contributed by atoms with Crippen LogP contribution in [0.5, 0.6) is 0 Å². The van der Waals surface area contributed by atoms with E-state index in [0.717, 1.165) is 55.2 Å². The summed E-state index contributed by atoms with van der Waals surface area (Å²) in [6, 6.07) is 6.06. The molecule has 16 nitrogen and oxygen atoms in total. The molecule has 3 aliphatic rings. The minimum absolute atomic E-state index is 0.0334. The van der Waals surface area contributed by atoms with Crippen molar-refractivity contribution in [2.75, 3.05) is 37.4 Å². The maximum atomic E-state index is 14.1. The molecule has 3 atom stereocenters. The SMILES string of the molecule is CCCCCCCCN1CCN(C(=O)NC(C(=O)N[C@]2(SC)C(=O)N3C(C(=O)O)=C(CSc4nnnn4C)CS[C@@H]32)c2ccccc2)C(=O)C1=O. The number of thioether (sulfide) groups is 3. The fraction of sp³-hybridized carbons (Fsp3) is 0.531. The van der Waals surface area contributed by atoms with Crippen molar-refractivity contribution in [3.8, 4) is 0 Å². The number of amides is 6. The van der Waals surface area contributed by atoms with Gasteiger partial charge in [-0.25, -0.2) is 14.3 Å². The van der Waals surface area contributed by atoms with Gasteiger partial charge in [0.1, 0.15) is 17.1 Å². The second-order valence-electron chi connectivity index (χ2n) is 12.2. The van der Waals surface area contributed by atoms with Gasteiger partial charge in [0.25, 0.3) is 5.91 Å². The molecule has 5 rings (SSSR count). The van der Waals surface area contributed by atoms with E-state index < -0.39 is 51.9 Å². The number of carbonyl (C=O) groups excluding carboxylic acids is 5. The van der Waals surface area contributed by atoms with Gasteiger partial charge in [0.05, 0.1) is 0 Å². The number of urea groups is 1. The van der Waals surface area contributed by atoms with Gasteiger partial charge in [0.15, 0.2) is 4.87 Å². The summed E-state index contributed by atoms with van der Waals surface area (Å²) in [5.74, 6) is -3.88. The van der Waals surface area contributed by atoms with E-state index in [-0.39, 0.29) is 30.3 Å². The van der Waals surface area contributed by atoms with Crippen LogP contribution in [-0.4, -0.2) is 123 Å². The molecule has 51 heavy (non-hydrogen) atoms. The maximum absolute atomic E-state index is 14.1. The summed E-state index contributed by atoms with van der Waals surface area (Å²) in [6.45, 7) is 2.72. The van der Waals surface area contributed by atoms with Gasteiger partial charge in [-0.1, -0.05) is 81.1 Å². The number of rotatable bonds is 16. The predicted molar refractivity (Wildman–Crippen MR) is 191 cm³/mol. The average Bonchev–Trinajstić information content (AvgIpc) is 3.55. The molecule has 0 spiro atoms. The number of piperazine rings is 1. The zero-order chi connectivity index (χ0) is 36.7. The molecule has 1 aromatic heterocycles. The third-order valence-electron chi connectivity index (χ3n) is 8.90. The van der Waals surface area contributed by atoms with Gasteiger partial charge in [0.2, 0.25) is 11.1 Å². The highest BCUT2D eigenvalue weighted by Crippen LogP contribution is 2.51. The van der Waals surface area contributed by atoms with Gasteiger partial charge >= 0.3 is 23.8 Å². The Hall–Kier alpha value is -4.10. The number of carboxylic acids is 1. The summed E-state index contributed by atoms with van der Waals surface area (Å²) in [6.07, 6.45) is 7.83. The van der Waals surface area contributed by atoms with Crippen LogP contribution in [0.25, 0.3) is 0 Å². The Morgan fingerprint density at radius 1 is 1.06 bits per heavy atom. The number of imide groups is 1. The highest BCUT2D eigenvalue weighted by molar-refractivity contribution is 8.05. The Morgan fingerprint density at radius 2 is 1.78 bits per heavy atom. The lowest BCUT2D eigenvalue weighted by atomic mass is 10.00. The molecule has 2 aromatic rings. The lowest BCUT2D eigenvalue weighted by molar-refractivity contribution is -0.154. The number of unbranched alkanes of at least 4 members (excludes halogenated alkanes) is 5. The first kappa shape index (κ1) is 38.1. The Labute approximate surface area is 307 Å². The highest BCUT2D eigenvalue weighted by Gasteiger charge is 2.65. The van der Waals surface area contributed by atoms with Crippen molar-refractivity contribution in [1.29, 1.82) is 0 Å². The smallest absolute Gasteiger partial charge is 0.352 e. The van der Waals surface area contributed by atoms with E-state index in [1.54, 1.807) is 43.6 Å². The molecule has 0 radical (unpaired) electrons. The van der Waals surface area contributed by atoms with Gasteiger partial charge < -0.3 is 20.6 Å². The van der Waals surface area contributed by atoms with Crippen molar-refractivity contribution < 1.29 is 33.9 Å². The third-order valence-corrected chi connectivity index (χ3v) is 12.7. The van der Waals surface area contributed by atoms with Crippen LogP contribution in [0, 0.1) is 0 Å². The van der Waals surface area contributed by atoms with Crippen LogP contribution in [0.15, 0.2) is 46.8 Å². The van der Waals surface area contributed by atoms with Crippen LogP contribution in [0.4, 0.5) is 4.79 Å². The van der Waals surface area contributed by atoms with Crippen molar-refractivity contribution in [3.63, 3.8) is 0 Å². The van der Waals surface area contributed by atoms with E-state index in [9.17, 15) is 33.9 Å². The molecule has 2 fully saturated rings. The van der Waals surface area contributed by atoms with Gasteiger partial charge in [-0.3, -0.25) is 29.0 Å². The van der Waals surface area contributed by atoms with Crippen LogP contribution in [0.1, 0.15) is 57.1 Å². The molecule has 6 amide bonds. The normalized spacial score (nSPS) is 21.0. The van der Waals surface area contributed by atoms with Crippen LogP contribution < -0.4 is 10.6 Å². The summed E-state index contributed by atoms with van der Waals surface area (Å²) in [5, 5.41) is 26.6. The molecule has 19 heteroatoms. The summed E-state index contributed by atoms with van der Waals surface area (Å²) in [5.41, 5.74) is 0.729. The standard InChI is InChI=1S/C32H41N9O7S3/c1-4-5-6-7-8-12-15-39-16-17-40(26(44)25(39)43)30(48)33-22(20-13-10-9-11-14-20)24(42)34-32(49-3)28(47)41-23(27(45)46)21(18-50-29(32)41)19-51-31-35-36-37-38(31)2/h9-11,13-14,22,29H,4-8,12,15-19H2,1-3H3,(H,33,48)(H,34,42)(H,45,46)/t22?,29-,32+/m1/s1. The molecule has 0 bridgehead atoms. The van der Waals surface area contributed by atoms with E-state index in [0.29, 0.717) is 22.8 Å². The molecular formula is C32H41N9O7S3. The minimum atomic E-state index is -1.54. The topological polar surface area (TPSA) is 200 Å². The number of carbonyl (C=O) groups is 6. The molecule has 0 aliphatic carbocycles. The number of hydrogen-bond acceptors (Lipinski definition) is 12. The lowest BCUT2D eigenvalue weighted by Gasteiger charge is -2.56. The fourth-order valence-corrected chi connectivity index (χ4v) is 9.72. The summed E-state index contributed by atoms with van der Waals surface area (Å²) >= 11 is 3.61. The monoisotopic (exact) mass is 759 g/mol. The average molecular weight is 760 g/mol. The van der Waals surface area contributed by atoms with Crippen molar-refractivity contribution in [2.24, 2.45) is 7.05 Å². The van der Waals surface area contributed by atoms with E-state index in [1.807, 2.05) is 0 Å². The highest BCUT2D eigenvalue weighted by atomic mass is 32.2. The summed E-state index contributed by atoms with van der Waals surface area (Å²) < 4.78 is 1.46. The number of benzene rings is 1. The maximum Gasteiger partial charge on any atom is 0.352 e. The third kappa shape index (κ3) is 8.04. The Bertz CT molecular complexity index is 1690. The predicted octanol–water partition coefficient (Wildman–Crippen LogP) is 2.21. The van der Waals surface area contributed by atoms with Crippen molar-refractivity contribution in [1.82, 2.24) is 45.5 Å². The number of hydrogen-bond donors (Lipinski definition) is 3. The second kappa shape index (κ2) is 16.9. The van der Waals surface area contributed by atoms with Crippen molar-refractivity contribution >= 4 is 70.9 Å². The molecule has 3 aliphatic heterocycles. The summed E-state index contributed by atoms with van der Waals surface area (Å²) in [4.78, 5) is 81.8. The quantitative estimate of drug-likeness (QED) is 0.0741. The van der Waals surface area contributed by atoms with Crippen LogP contribution in [-0.2, 0) is 31.0 Å². The van der Waals surface area contributed by atoms with Crippen molar-refractivity contribution in [3.05, 3.63) is 47.2 Å². The second-order valence-corrected chi connectivity index (χ2v) is 15.3. The Morgan fingerprint density at radius 3 is 2.45 bits per heavy atom. The van der Waals surface area contributed by atoms with Crippen LogP contribution in [0.2, 0.25) is 0 Å². The van der Waals surface area contributed by atoms with E-state index in [1.165, 1.54) is 38.0 Å². The first-order valence-corrected chi connectivity index (χ1v) is 19.9. The number of nitrogens with zero attached hydrogens (tertiary/aromatic N) is 7. The molecule has 274 valence electrons. The van der Waals surface area contributed by atoms with Crippen molar-refractivity contribution in [2.45, 2.75) is 66.9 Å². The number of β-lactam (4-membered cyclic amide) rings is 1. The van der Waals surface area contributed by atoms with E-state index >= 15 is 0 Å². The van der Waals surface area contributed by atoms with Crippen LogP contribution >= 0.6 is 35.3 Å².